The molecule has 0 unspecified atom stereocenters. The molecular formula is C25H31N3O4. The molecular weight excluding hydrogens is 406 g/mol. The minimum absolute atomic E-state index is 0.0914. The summed E-state index contributed by atoms with van der Waals surface area (Å²) in [5, 5.41) is 2.69. The van der Waals surface area contributed by atoms with Crippen LogP contribution in [-0.2, 0) is 9.59 Å². The largest absolute Gasteiger partial charge is 0.493 e. The van der Waals surface area contributed by atoms with Crippen molar-refractivity contribution in [3.8, 4) is 5.75 Å². The van der Waals surface area contributed by atoms with E-state index in [0.717, 1.165) is 16.9 Å². The average molecular weight is 438 g/mol. The van der Waals surface area contributed by atoms with E-state index in [1.807, 2.05) is 36.9 Å². The van der Waals surface area contributed by atoms with E-state index >= 15 is 0 Å². The van der Waals surface area contributed by atoms with Gasteiger partial charge < -0.3 is 19.9 Å². The Morgan fingerprint density at radius 2 is 1.56 bits per heavy atom. The number of nitrogens with one attached hydrogen (secondary N) is 1. The lowest BCUT2D eigenvalue weighted by Gasteiger charge is -2.35. The van der Waals surface area contributed by atoms with E-state index < -0.39 is 0 Å². The molecule has 1 aliphatic heterocycles. The summed E-state index contributed by atoms with van der Waals surface area (Å²) in [6.07, 6.45) is 1.08. The fraction of sp³-hybridized carbons (Fsp3) is 0.400. The van der Waals surface area contributed by atoms with Crippen LogP contribution in [-0.4, -0.2) is 60.3 Å². The van der Waals surface area contributed by atoms with Gasteiger partial charge in [-0.3, -0.25) is 14.4 Å². The Morgan fingerprint density at radius 3 is 2.22 bits per heavy atom. The number of piperazine rings is 1. The molecule has 3 amide bonds. The van der Waals surface area contributed by atoms with Gasteiger partial charge in [-0.1, -0.05) is 24.3 Å². The molecule has 7 heteroatoms. The van der Waals surface area contributed by atoms with E-state index in [1.54, 1.807) is 29.2 Å². The number of amides is 3. The highest BCUT2D eigenvalue weighted by atomic mass is 16.5. The van der Waals surface area contributed by atoms with Crippen molar-refractivity contribution in [1.82, 2.24) is 9.80 Å². The Hall–Kier alpha value is -3.35. The molecule has 1 aliphatic rings. The number of benzene rings is 2. The first-order valence-electron chi connectivity index (χ1n) is 11.0. The normalized spacial score (nSPS) is 13.6. The number of hydrogen-bond acceptors (Lipinski definition) is 4. The first kappa shape index (κ1) is 23.3. The van der Waals surface area contributed by atoms with Crippen molar-refractivity contribution in [3.05, 3.63) is 59.2 Å². The number of rotatable bonds is 7. The number of ether oxygens (including phenoxy) is 1. The smallest absolute Gasteiger partial charge is 0.254 e. The highest BCUT2D eigenvalue weighted by Gasteiger charge is 2.24. The molecule has 170 valence electrons. The Labute approximate surface area is 189 Å². The third kappa shape index (κ3) is 6.09. The minimum atomic E-state index is -0.179. The highest BCUT2D eigenvalue weighted by Crippen LogP contribution is 2.22. The summed E-state index contributed by atoms with van der Waals surface area (Å²) in [4.78, 5) is 40.2. The van der Waals surface area contributed by atoms with Gasteiger partial charge in [-0.25, -0.2) is 0 Å². The van der Waals surface area contributed by atoms with E-state index in [0.29, 0.717) is 56.9 Å². The zero-order chi connectivity index (χ0) is 23.1. The third-order valence-corrected chi connectivity index (χ3v) is 5.54. The van der Waals surface area contributed by atoms with Gasteiger partial charge in [0.1, 0.15) is 5.75 Å². The van der Waals surface area contributed by atoms with E-state index in [2.05, 4.69) is 5.32 Å². The number of para-hydroxylation sites is 1. The SMILES string of the molecule is CC(=O)Nc1cccc(C(=O)N2CCN(C(=O)CCCOc3c(C)cccc3C)CC2)c1. The van der Waals surface area contributed by atoms with Crippen LogP contribution in [0.4, 0.5) is 5.69 Å². The Balaban J connectivity index is 1.43. The van der Waals surface area contributed by atoms with Crippen molar-refractivity contribution in [3.63, 3.8) is 0 Å². The molecule has 1 heterocycles. The van der Waals surface area contributed by atoms with Crippen molar-refractivity contribution < 1.29 is 19.1 Å². The molecule has 0 atom stereocenters. The molecule has 0 radical (unpaired) electrons. The van der Waals surface area contributed by atoms with Crippen LogP contribution in [0.1, 0.15) is 41.3 Å². The van der Waals surface area contributed by atoms with Crippen LogP contribution in [0, 0.1) is 13.8 Å². The van der Waals surface area contributed by atoms with Gasteiger partial charge in [0, 0.05) is 50.8 Å². The number of carbonyl (C=O) groups excluding carboxylic acids is 3. The van der Waals surface area contributed by atoms with Crippen LogP contribution < -0.4 is 10.1 Å². The van der Waals surface area contributed by atoms with Gasteiger partial charge in [0.25, 0.3) is 5.91 Å². The predicted octanol–water partition coefficient (Wildman–Crippen LogP) is 3.41. The Bertz CT molecular complexity index is 961. The molecule has 0 aromatic heterocycles. The van der Waals surface area contributed by atoms with Gasteiger partial charge >= 0.3 is 0 Å². The van der Waals surface area contributed by atoms with Gasteiger partial charge in [-0.2, -0.15) is 0 Å². The van der Waals surface area contributed by atoms with E-state index in [-0.39, 0.29) is 17.7 Å². The molecule has 1 fully saturated rings. The Kier molecular flexibility index (Phi) is 7.87. The minimum Gasteiger partial charge on any atom is -0.493 e. The monoisotopic (exact) mass is 437 g/mol. The zero-order valence-corrected chi connectivity index (χ0v) is 19.0. The summed E-state index contributed by atoms with van der Waals surface area (Å²) < 4.78 is 5.89. The molecule has 0 saturated carbocycles. The fourth-order valence-electron chi connectivity index (χ4n) is 3.86. The van der Waals surface area contributed by atoms with E-state index in [1.165, 1.54) is 6.92 Å². The van der Waals surface area contributed by atoms with Gasteiger partial charge in [-0.05, 0) is 49.6 Å². The van der Waals surface area contributed by atoms with Gasteiger partial charge in [0.2, 0.25) is 11.8 Å². The molecule has 1 saturated heterocycles. The molecule has 3 rings (SSSR count). The first-order chi connectivity index (χ1) is 15.3. The molecule has 2 aromatic carbocycles. The van der Waals surface area contributed by atoms with Crippen molar-refractivity contribution in [2.45, 2.75) is 33.6 Å². The molecule has 0 spiro atoms. The highest BCUT2D eigenvalue weighted by molar-refractivity contribution is 5.97. The second-order valence-electron chi connectivity index (χ2n) is 8.11. The topological polar surface area (TPSA) is 79.0 Å². The van der Waals surface area contributed by atoms with E-state index in [9.17, 15) is 14.4 Å². The van der Waals surface area contributed by atoms with Crippen molar-refractivity contribution in [2.75, 3.05) is 38.1 Å². The third-order valence-electron chi connectivity index (χ3n) is 5.54. The predicted molar refractivity (Wildman–Crippen MR) is 124 cm³/mol. The lowest BCUT2D eigenvalue weighted by molar-refractivity contribution is -0.132. The lowest BCUT2D eigenvalue weighted by Crippen LogP contribution is -2.50. The first-order valence-corrected chi connectivity index (χ1v) is 11.0. The summed E-state index contributed by atoms with van der Waals surface area (Å²) in [6.45, 7) is 8.00. The molecule has 2 aromatic rings. The van der Waals surface area contributed by atoms with Gasteiger partial charge in [0.15, 0.2) is 0 Å². The van der Waals surface area contributed by atoms with E-state index in [4.69, 9.17) is 4.74 Å². The summed E-state index contributed by atoms with van der Waals surface area (Å²) in [7, 11) is 0. The second kappa shape index (κ2) is 10.8. The molecule has 0 aliphatic carbocycles. The average Bonchev–Trinajstić information content (AvgIpc) is 2.77. The number of aryl methyl sites for hydroxylation is 2. The number of anilines is 1. The van der Waals surface area contributed by atoms with Crippen LogP contribution >= 0.6 is 0 Å². The molecule has 1 N–H and O–H groups in total. The van der Waals surface area contributed by atoms with Crippen LogP contribution in [0.15, 0.2) is 42.5 Å². The van der Waals surface area contributed by atoms with Crippen LogP contribution in [0.25, 0.3) is 0 Å². The van der Waals surface area contributed by atoms with Gasteiger partial charge in [-0.15, -0.1) is 0 Å². The summed E-state index contributed by atoms with van der Waals surface area (Å²) in [6, 6.07) is 13.0. The lowest BCUT2D eigenvalue weighted by atomic mass is 10.1. The summed E-state index contributed by atoms with van der Waals surface area (Å²) in [5.74, 6) is 0.719. The quantitative estimate of drug-likeness (QED) is 0.674. The number of hydrogen-bond donors (Lipinski definition) is 1. The van der Waals surface area contributed by atoms with Crippen LogP contribution in [0.2, 0.25) is 0 Å². The van der Waals surface area contributed by atoms with Crippen molar-refractivity contribution >= 4 is 23.4 Å². The maximum absolute atomic E-state index is 12.8. The number of nitrogens with zero attached hydrogens (tertiary/aromatic N) is 2. The molecule has 7 nitrogen and oxygen atoms in total. The standard InChI is InChI=1S/C25H31N3O4/c1-18-7-4-8-19(2)24(18)32-16-6-11-23(30)27-12-14-28(15-13-27)25(31)21-9-5-10-22(17-21)26-20(3)29/h4-5,7-10,17H,6,11-16H2,1-3H3,(H,26,29). The van der Waals surface area contributed by atoms with Crippen molar-refractivity contribution in [1.29, 1.82) is 0 Å². The number of carbonyl (C=O) groups is 3. The molecule has 0 bridgehead atoms. The fourth-order valence-corrected chi connectivity index (χ4v) is 3.86. The Morgan fingerprint density at radius 1 is 0.938 bits per heavy atom. The van der Waals surface area contributed by atoms with Crippen molar-refractivity contribution in [2.24, 2.45) is 0 Å². The van der Waals surface area contributed by atoms with Crippen LogP contribution in [0.5, 0.6) is 5.75 Å². The second-order valence-corrected chi connectivity index (χ2v) is 8.11. The maximum Gasteiger partial charge on any atom is 0.254 e. The van der Waals surface area contributed by atoms with Crippen LogP contribution in [0.3, 0.4) is 0 Å². The maximum atomic E-state index is 12.8. The summed E-state index contributed by atoms with van der Waals surface area (Å²) in [5.41, 5.74) is 3.32. The summed E-state index contributed by atoms with van der Waals surface area (Å²) >= 11 is 0. The molecule has 32 heavy (non-hydrogen) atoms. The zero-order valence-electron chi connectivity index (χ0n) is 19.0. The van der Waals surface area contributed by atoms with Gasteiger partial charge in [0.05, 0.1) is 6.61 Å².